The van der Waals surface area contributed by atoms with Gasteiger partial charge in [-0.15, -0.1) is 0 Å². The molecule has 1 aliphatic heterocycles. The number of aromatic nitrogens is 1. The first-order valence-corrected chi connectivity index (χ1v) is 11.8. The van der Waals surface area contributed by atoms with Crippen molar-refractivity contribution in [3.8, 4) is 5.75 Å². The van der Waals surface area contributed by atoms with Gasteiger partial charge in [-0.1, -0.05) is 12.1 Å². The normalized spacial score (nSPS) is 24.9. The van der Waals surface area contributed by atoms with E-state index in [9.17, 15) is 9.90 Å². The Labute approximate surface area is 194 Å². The number of hydrogen-bond donors (Lipinski definition) is 2. The summed E-state index contributed by atoms with van der Waals surface area (Å²) in [5.74, 6) is 0.924. The van der Waals surface area contributed by atoms with E-state index in [2.05, 4.69) is 35.9 Å². The minimum atomic E-state index is -0.894. The smallest absolute Gasteiger partial charge is 0.335 e. The molecule has 174 valence electrons. The number of benzene rings is 2. The van der Waals surface area contributed by atoms with Crippen LogP contribution in [0.4, 0.5) is 0 Å². The van der Waals surface area contributed by atoms with Gasteiger partial charge in [-0.25, -0.2) is 4.79 Å². The molecule has 2 aliphatic rings. The summed E-state index contributed by atoms with van der Waals surface area (Å²) in [5, 5.41) is 10.6. The van der Waals surface area contributed by atoms with Crippen LogP contribution in [-0.4, -0.2) is 47.3 Å². The molecule has 0 radical (unpaired) electrons. The molecule has 2 N–H and O–H groups in total. The highest BCUT2D eigenvalue weighted by atomic mass is 16.5. The van der Waals surface area contributed by atoms with Crippen molar-refractivity contribution in [1.29, 1.82) is 0 Å². The summed E-state index contributed by atoms with van der Waals surface area (Å²) in [5.41, 5.74) is 5.00. The molecule has 5 rings (SSSR count). The number of ether oxygens (including phenoxy) is 2. The van der Waals surface area contributed by atoms with Crippen molar-refractivity contribution in [3.05, 3.63) is 64.8 Å². The monoisotopic (exact) mass is 448 g/mol. The molecular formula is C27H32N2O4. The minimum absolute atomic E-state index is 0.170. The fraction of sp³-hybridized carbons (Fsp3) is 0.444. The molecule has 0 spiro atoms. The van der Waals surface area contributed by atoms with E-state index in [0.717, 1.165) is 42.9 Å². The second-order valence-corrected chi connectivity index (χ2v) is 9.36. The predicted molar refractivity (Wildman–Crippen MR) is 128 cm³/mol. The van der Waals surface area contributed by atoms with Crippen molar-refractivity contribution in [3.63, 3.8) is 0 Å². The molecule has 1 aromatic heterocycles. The molecule has 2 fully saturated rings. The van der Waals surface area contributed by atoms with Crippen molar-refractivity contribution in [1.82, 2.24) is 9.88 Å². The number of carbonyl (C=O) groups is 1. The molecule has 2 bridgehead atoms. The Morgan fingerprint density at radius 1 is 1.21 bits per heavy atom. The molecule has 2 unspecified atom stereocenters. The highest BCUT2D eigenvalue weighted by molar-refractivity contribution is 5.88. The van der Waals surface area contributed by atoms with Crippen LogP contribution in [0.5, 0.6) is 5.75 Å². The van der Waals surface area contributed by atoms with Crippen LogP contribution in [0.25, 0.3) is 10.9 Å². The number of rotatable bonds is 7. The van der Waals surface area contributed by atoms with E-state index in [0.29, 0.717) is 17.4 Å². The highest BCUT2D eigenvalue weighted by Crippen LogP contribution is 2.50. The van der Waals surface area contributed by atoms with Crippen LogP contribution in [0.2, 0.25) is 0 Å². The third-order valence-electron chi connectivity index (χ3n) is 7.58. The zero-order chi connectivity index (χ0) is 23.1. The van der Waals surface area contributed by atoms with Crippen molar-refractivity contribution >= 4 is 16.9 Å². The van der Waals surface area contributed by atoms with E-state index < -0.39 is 5.97 Å². The number of carboxylic acids is 1. The second kappa shape index (κ2) is 8.84. The van der Waals surface area contributed by atoms with Crippen molar-refractivity contribution < 1.29 is 19.4 Å². The van der Waals surface area contributed by atoms with Crippen LogP contribution < -0.4 is 4.74 Å². The zero-order valence-electron chi connectivity index (χ0n) is 19.5. The van der Waals surface area contributed by atoms with Gasteiger partial charge in [0.2, 0.25) is 0 Å². The van der Waals surface area contributed by atoms with Crippen LogP contribution in [-0.2, 0) is 11.3 Å². The van der Waals surface area contributed by atoms with Crippen LogP contribution in [0.15, 0.2) is 42.6 Å². The lowest BCUT2D eigenvalue weighted by molar-refractivity contribution is -0.0679. The lowest BCUT2D eigenvalue weighted by atomic mass is 9.82. The topological polar surface area (TPSA) is 74.8 Å². The van der Waals surface area contributed by atoms with Gasteiger partial charge in [-0.3, -0.25) is 4.90 Å². The van der Waals surface area contributed by atoms with E-state index in [1.54, 1.807) is 19.2 Å². The number of methoxy groups -OCH3 is 1. The third-order valence-corrected chi connectivity index (χ3v) is 7.58. The number of aromatic carboxylic acids is 1. The summed E-state index contributed by atoms with van der Waals surface area (Å²) in [6.45, 7) is 6.62. The van der Waals surface area contributed by atoms with Gasteiger partial charge < -0.3 is 19.6 Å². The Balaban J connectivity index is 1.56. The standard InChI is InChI=1S/C27H32N2O4/c1-4-33-26-19-9-10-21(26)25(17-5-7-18(8-6-17)27(30)31)29(14-19)15-22-20-11-12-28-24(20)16(2)13-23(22)32-3/h5-8,11-13,19,21,25-26,28H,4,9-10,14-15H2,1-3H3,(H,30,31)/t19?,21?,25-,26+/m0/s1. The minimum Gasteiger partial charge on any atom is -0.496 e. The fourth-order valence-electron chi connectivity index (χ4n) is 6.18. The second-order valence-electron chi connectivity index (χ2n) is 9.36. The summed E-state index contributed by atoms with van der Waals surface area (Å²) in [4.78, 5) is 17.4. The summed E-state index contributed by atoms with van der Waals surface area (Å²) >= 11 is 0. The van der Waals surface area contributed by atoms with E-state index >= 15 is 0 Å². The average Bonchev–Trinajstić information content (AvgIpc) is 3.40. The van der Waals surface area contributed by atoms with Crippen molar-refractivity contribution in [2.24, 2.45) is 11.8 Å². The maximum Gasteiger partial charge on any atom is 0.335 e. The van der Waals surface area contributed by atoms with Gasteiger partial charge in [0.1, 0.15) is 5.75 Å². The number of H-pyrrole nitrogens is 1. The Kier molecular flexibility index (Phi) is 5.89. The maximum atomic E-state index is 11.4. The number of nitrogens with one attached hydrogen (secondary N) is 1. The number of carboxylic acid groups (broad SMARTS) is 1. The molecule has 2 heterocycles. The van der Waals surface area contributed by atoms with E-state index in [1.165, 1.54) is 22.9 Å². The molecule has 1 aliphatic carbocycles. The Hall–Kier alpha value is -2.83. The quantitative estimate of drug-likeness (QED) is 0.522. The molecule has 33 heavy (non-hydrogen) atoms. The van der Waals surface area contributed by atoms with Crippen molar-refractivity contribution in [2.75, 3.05) is 20.3 Å². The molecule has 6 heteroatoms. The zero-order valence-corrected chi connectivity index (χ0v) is 19.5. The first-order chi connectivity index (χ1) is 16.0. The number of fused-ring (bicyclic) bond motifs is 3. The number of nitrogens with zero attached hydrogens (tertiary/aromatic N) is 1. The van der Waals surface area contributed by atoms with Gasteiger partial charge in [0, 0.05) is 54.3 Å². The average molecular weight is 449 g/mol. The van der Waals surface area contributed by atoms with E-state index in [-0.39, 0.29) is 12.1 Å². The summed E-state index contributed by atoms with van der Waals surface area (Å²) < 4.78 is 12.1. The third kappa shape index (κ3) is 3.81. The Bertz CT molecular complexity index is 1150. The number of likely N-dealkylation sites (tertiary alicyclic amines) is 1. The van der Waals surface area contributed by atoms with Gasteiger partial charge >= 0.3 is 5.97 Å². The largest absolute Gasteiger partial charge is 0.496 e. The SMILES string of the molecule is CCO[C@@H]1C2CCC1[C@H](c1ccc(C(=O)O)cc1)N(Cc1c(OC)cc(C)c3[nH]ccc13)C2. The molecular weight excluding hydrogens is 416 g/mol. The summed E-state index contributed by atoms with van der Waals surface area (Å²) in [6.07, 6.45) is 4.54. The molecule has 3 aromatic rings. The van der Waals surface area contributed by atoms with Crippen LogP contribution >= 0.6 is 0 Å². The number of aromatic amines is 1. The lowest BCUT2D eigenvalue weighted by Gasteiger charge is -2.45. The van der Waals surface area contributed by atoms with Gasteiger partial charge in [-0.2, -0.15) is 0 Å². The van der Waals surface area contributed by atoms with Gasteiger partial charge in [0.25, 0.3) is 0 Å². The lowest BCUT2D eigenvalue weighted by Crippen LogP contribution is -2.47. The maximum absolute atomic E-state index is 11.4. The van der Waals surface area contributed by atoms with E-state index in [1.807, 2.05) is 18.3 Å². The van der Waals surface area contributed by atoms with Gasteiger partial charge in [0.05, 0.1) is 18.8 Å². The van der Waals surface area contributed by atoms with Crippen LogP contribution in [0, 0.1) is 18.8 Å². The number of hydrogen-bond acceptors (Lipinski definition) is 4. The molecule has 2 aromatic carbocycles. The van der Waals surface area contributed by atoms with Crippen LogP contribution in [0.3, 0.4) is 0 Å². The fourth-order valence-corrected chi connectivity index (χ4v) is 6.18. The molecule has 1 saturated carbocycles. The molecule has 0 amide bonds. The summed E-state index contributed by atoms with van der Waals surface area (Å²) in [6, 6.07) is 11.8. The highest BCUT2D eigenvalue weighted by Gasteiger charge is 2.49. The Morgan fingerprint density at radius 3 is 2.70 bits per heavy atom. The molecule has 6 nitrogen and oxygen atoms in total. The first-order valence-electron chi connectivity index (χ1n) is 11.8. The molecule has 4 atom stereocenters. The number of piperidine rings is 1. The number of aryl methyl sites for hydroxylation is 1. The summed E-state index contributed by atoms with van der Waals surface area (Å²) in [7, 11) is 1.74. The molecule has 1 saturated heterocycles. The van der Waals surface area contributed by atoms with Gasteiger partial charge in [-0.05, 0) is 68.0 Å². The van der Waals surface area contributed by atoms with Crippen molar-refractivity contribution in [2.45, 2.75) is 45.4 Å². The Morgan fingerprint density at radius 2 is 2.00 bits per heavy atom. The first kappa shape index (κ1) is 22.0. The predicted octanol–water partition coefficient (Wildman–Crippen LogP) is 5.17. The van der Waals surface area contributed by atoms with Gasteiger partial charge in [0.15, 0.2) is 0 Å². The van der Waals surface area contributed by atoms with E-state index in [4.69, 9.17) is 9.47 Å². The van der Waals surface area contributed by atoms with Crippen LogP contribution in [0.1, 0.15) is 52.9 Å².